The molecule has 2 aromatic heterocycles. The predicted octanol–water partition coefficient (Wildman–Crippen LogP) is 6.69. The number of imidazole rings is 1. The van der Waals surface area contributed by atoms with Crippen LogP contribution in [0.1, 0.15) is 28.7 Å². The predicted molar refractivity (Wildman–Crippen MR) is 169 cm³/mol. The summed E-state index contributed by atoms with van der Waals surface area (Å²) in [5.41, 5.74) is 6.61. The number of hydrogen-bond donors (Lipinski definition) is 2. The van der Waals surface area contributed by atoms with Gasteiger partial charge >= 0.3 is 0 Å². The average Bonchev–Trinajstić information content (AvgIpc) is 3.65. The third-order valence-electron chi connectivity index (χ3n) is 8.67. The molecule has 7 rings (SSSR count). The molecule has 0 saturated carbocycles. The number of aromatic amines is 2. The second-order valence-corrected chi connectivity index (χ2v) is 11.3. The Morgan fingerprint density at radius 2 is 1.67 bits per heavy atom. The molecule has 1 amide bonds. The SMILES string of the molecule is Cc1[nH]c2ccccc2c1CC(=O)N1CCN(CCc2ccccc2)CC1c1ncc(-c2ccc3ccccc3c2)[nH]1. The summed E-state index contributed by atoms with van der Waals surface area (Å²) in [5.74, 6) is 0.978. The highest BCUT2D eigenvalue weighted by atomic mass is 16.2. The summed E-state index contributed by atoms with van der Waals surface area (Å²) in [5, 5.41) is 3.53. The molecule has 3 heterocycles. The number of aromatic nitrogens is 3. The van der Waals surface area contributed by atoms with Crippen molar-refractivity contribution in [2.45, 2.75) is 25.8 Å². The van der Waals surface area contributed by atoms with Gasteiger partial charge in [0, 0.05) is 48.3 Å². The van der Waals surface area contributed by atoms with E-state index in [1.54, 1.807) is 0 Å². The van der Waals surface area contributed by atoms with Crippen LogP contribution in [-0.2, 0) is 17.6 Å². The number of carbonyl (C=O) groups excluding carboxylic acids is 1. The molecule has 2 N–H and O–H groups in total. The Balaban J connectivity index is 1.17. The van der Waals surface area contributed by atoms with Gasteiger partial charge in [0.05, 0.1) is 18.3 Å². The molecule has 1 fully saturated rings. The van der Waals surface area contributed by atoms with Crippen molar-refractivity contribution in [3.05, 3.63) is 126 Å². The second-order valence-electron chi connectivity index (χ2n) is 11.3. The topological polar surface area (TPSA) is 68.0 Å². The van der Waals surface area contributed by atoms with Gasteiger partial charge in [-0.15, -0.1) is 0 Å². The zero-order valence-electron chi connectivity index (χ0n) is 23.9. The molecule has 1 atom stereocenters. The molecule has 1 aliphatic heterocycles. The lowest BCUT2D eigenvalue weighted by atomic mass is 10.0. The number of carbonyl (C=O) groups is 1. The largest absolute Gasteiger partial charge is 0.358 e. The van der Waals surface area contributed by atoms with E-state index in [-0.39, 0.29) is 11.9 Å². The zero-order valence-corrected chi connectivity index (χ0v) is 23.9. The first-order valence-electron chi connectivity index (χ1n) is 14.8. The third kappa shape index (κ3) is 5.21. The molecular weight excluding hydrogens is 518 g/mol. The maximum Gasteiger partial charge on any atom is 0.227 e. The molecule has 0 radical (unpaired) electrons. The number of benzene rings is 4. The summed E-state index contributed by atoms with van der Waals surface area (Å²) < 4.78 is 0. The van der Waals surface area contributed by atoms with Crippen LogP contribution in [0.15, 0.2) is 103 Å². The molecule has 6 aromatic rings. The lowest BCUT2D eigenvalue weighted by Gasteiger charge is -2.40. The van der Waals surface area contributed by atoms with Crippen molar-refractivity contribution in [3.63, 3.8) is 0 Å². The smallest absolute Gasteiger partial charge is 0.227 e. The first kappa shape index (κ1) is 26.2. The molecule has 1 aliphatic rings. The molecular formula is C36H35N5O. The molecule has 42 heavy (non-hydrogen) atoms. The van der Waals surface area contributed by atoms with E-state index in [9.17, 15) is 4.79 Å². The number of H-pyrrole nitrogens is 2. The number of para-hydroxylation sites is 1. The Morgan fingerprint density at radius 3 is 2.55 bits per heavy atom. The van der Waals surface area contributed by atoms with E-state index in [4.69, 9.17) is 4.98 Å². The molecule has 0 spiro atoms. The first-order valence-corrected chi connectivity index (χ1v) is 14.8. The van der Waals surface area contributed by atoms with Crippen LogP contribution in [0.4, 0.5) is 0 Å². The van der Waals surface area contributed by atoms with Crippen LogP contribution >= 0.6 is 0 Å². The maximum atomic E-state index is 14.0. The Bertz CT molecular complexity index is 1850. The van der Waals surface area contributed by atoms with E-state index < -0.39 is 0 Å². The van der Waals surface area contributed by atoms with Gasteiger partial charge in [0.25, 0.3) is 0 Å². The molecule has 1 unspecified atom stereocenters. The summed E-state index contributed by atoms with van der Waals surface area (Å²) in [6, 6.07) is 33.6. The number of hydrogen-bond acceptors (Lipinski definition) is 3. The lowest BCUT2D eigenvalue weighted by molar-refractivity contribution is -0.135. The van der Waals surface area contributed by atoms with Gasteiger partial charge in [0.1, 0.15) is 11.9 Å². The van der Waals surface area contributed by atoms with E-state index in [1.807, 2.05) is 23.2 Å². The molecule has 4 aromatic carbocycles. The van der Waals surface area contributed by atoms with Crippen molar-refractivity contribution in [3.8, 4) is 11.3 Å². The van der Waals surface area contributed by atoms with Gasteiger partial charge in [-0.1, -0.05) is 84.9 Å². The standard InChI is InChI=1S/C36H35N5O/c1-25-31(30-13-7-8-14-32(30)38-25)22-35(42)41-20-19-40(18-17-26-9-3-2-4-10-26)24-34(41)36-37-23-33(39-36)29-16-15-27-11-5-6-12-28(27)21-29/h2-16,21,23,34,38H,17-20,22,24H2,1H3,(H,37,39). The molecule has 0 bridgehead atoms. The van der Waals surface area contributed by atoms with Crippen LogP contribution in [0, 0.1) is 6.92 Å². The van der Waals surface area contributed by atoms with Crippen LogP contribution in [0.25, 0.3) is 32.9 Å². The van der Waals surface area contributed by atoms with Crippen LogP contribution in [-0.4, -0.2) is 56.8 Å². The third-order valence-corrected chi connectivity index (χ3v) is 8.67. The van der Waals surface area contributed by atoms with Gasteiger partial charge in [0.2, 0.25) is 5.91 Å². The van der Waals surface area contributed by atoms with Gasteiger partial charge in [-0.3, -0.25) is 9.69 Å². The molecule has 1 saturated heterocycles. The number of piperazine rings is 1. The highest BCUT2D eigenvalue weighted by molar-refractivity contribution is 5.90. The number of nitrogens with one attached hydrogen (secondary N) is 2. The summed E-state index contributed by atoms with van der Waals surface area (Å²) in [4.78, 5) is 30.4. The van der Waals surface area contributed by atoms with Crippen LogP contribution in [0.5, 0.6) is 0 Å². The van der Waals surface area contributed by atoms with Crippen molar-refractivity contribution < 1.29 is 4.79 Å². The van der Waals surface area contributed by atoms with Crippen LogP contribution in [0.2, 0.25) is 0 Å². The zero-order chi connectivity index (χ0) is 28.5. The molecule has 6 nitrogen and oxygen atoms in total. The molecule has 6 heteroatoms. The molecule has 210 valence electrons. The van der Waals surface area contributed by atoms with Crippen molar-refractivity contribution in [2.24, 2.45) is 0 Å². The fraction of sp³-hybridized carbons (Fsp3) is 0.222. The lowest BCUT2D eigenvalue weighted by Crippen LogP contribution is -2.51. The monoisotopic (exact) mass is 553 g/mol. The van der Waals surface area contributed by atoms with Crippen molar-refractivity contribution >= 4 is 27.6 Å². The quantitative estimate of drug-likeness (QED) is 0.231. The van der Waals surface area contributed by atoms with Crippen molar-refractivity contribution in [1.29, 1.82) is 0 Å². The minimum atomic E-state index is -0.151. The minimum absolute atomic E-state index is 0.138. The number of fused-ring (bicyclic) bond motifs is 2. The summed E-state index contributed by atoms with van der Waals surface area (Å²) >= 11 is 0. The minimum Gasteiger partial charge on any atom is -0.358 e. The van der Waals surface area contributed by atoms with Gasteiger partial charge in [-0.25, -0.2) is 4.98 Å². The number of amides is 1. The van der Waals surface area contributed by atoms with Crippen LogP contribution < -0.4 is 0 Å². The van der Waals surface area contributed by atoms with Gasteiger partial charge < -0.3 is 14.9 Å². The average molecular weight is 554 g/mol. The molecule has 0 aliphatic carbocycles. The number of nitrogens with zero attached hydrogens (tertiary/aromatic N) is 3. The van der Waals surface area contributed by atoms with Gasteiger partial charge in [0.15, 0.2) is 0 Å². The van der Waals surface area contributed by atoms with E-state index in [1.165, 1.54) is 16.3 Å². The Labute approximate surface area is 246 Å². The Morgan fingerprint density at radius 1 is 0.881 bits per heavy atom. The fourth-order valence-corrected chi connectivity index (χ4v) is 6.33. The summed E-state index contributed by atoms with van der Waals surface area (Å²) in [6.45, 7) is 5.27. The van der Waals surface area contributed by atoms with E-state index in [0.29, 0.717) is 13.0 Å². The van der Waals surface area contributed by atoms with E-state index in [2.05, 4.69) is 107 Å². The van der Waals surface area contributed by atoms with Crippen LogP contribution in [0.3, 0.4) is 0 Å². The summed E-state index contributed by atoms with van der Waals surface area (Å²) in [6.07, 6.45) is 3.26. The second kappa shape index (κ2) is 11.3. The maximum absolute atomic E-state index is 14.0. The van der Waals surface area contributed by atoms with E-state index >= 15 is 0 Å². The van der Waals surface area contributed by atoms with Gasteiger partial charge in [-0.2, -0.15) is 0 Å². The Hall–Kier alpha value is -4.68. The number of aryl methyl sites for hydroxylation is 1. The first-order chi connectivity index (χ1) is 20.6. The van der Waals surface area contributed by atoms with E-state index in [0.717, 1.165) is 65.3 Å². The highest BCUT2D eigenvalue weighted by Crippen LogP contribution is 2.30. The number of rotatable bonds is 7. The Kier molecular flexibility index (Phi) is 7.06. The normalized spacial score (nSPS) is 15.9. The fourth-order valence-electron chi connectivity index (χ4n) is 6.33. The summed E-state index contributed by atoms with van der Waals surface area (Å²) in [7, 11) is 0. The van der Waals surface area contributed by atoms with Crippen molar-refractivity contribution in [1.82, 2.24) is 24.8 Å². The van der Waals surface area contributed by atoms with Crippen molar-refractivity contribution in [2.75, 3.05) is 26.2 Å². The highest BCUT2D eigenvalue weighted by Gasteiger charge is 2.34. The van der Waals surface area contributed by atoms with Gasteiger partial charge in [-0.05, 0) is 47.4 Å².